The molecule has 0 saturated carbocycles. The Bertz CT molecular complexity index is 750. The van der Waals surface area contributed by atoms with Gasteiger partial charge in [-0.3, -0.25) is 0 Å². The Morgan fingerprint density at radius 1 is 1.30 bits per heavy atom. The van der Waals surface area contributed by atoms with Gasteiger partial charge in [0.05, 0.1) is 5.69 Å². The summed E-state index contributed by atoms with van der Waals surface area (Å²) in [6.07, 6.45) is 1.09. The lowest BCUT2D eigenvalue weighted by Crippen LogP contribution is -2.15. The molecule has 1 unspecified atom stereocenters. The summed E-state index contributed by atoms with van der Waals surface area (Å²) >= 11 is 0. The van der Waals surface area contributed by atoms with Gasteiger partial charge < -0.3 is 15.8 Å². The van der Waals surface area contributed by atoms with E-state index in [1.807, 2.05) is 43.5 Å². The van der Waals surface area contributed by atoms with Gasteiger partial charge >= 0.3 is 0 Å². The van der Waals surface area contributed by atoms with Crippen molar-refractivity contribution in [3.63, 3.8) is 0 Å². The molecule has 0 aliphatic rings. The molecule has 0 aliphatic heterocycles. The molecule has 0 spiro atoms. The maximum Gasteiger partial charge on any atom is 0.159 e. The minimum atomic E-state index is -0.834. The minimum absolute atomic E-state index is 0.108. The minimum Gasteiger partial charge on any atom is -0.384 e. The lowest BCUT2D eigenvalue weighted by Gasteiger charge is -2.09. The van der Waals surface area contributed by atoms with E-state index in [1.165, 1.54) is 0 Å². The SMILES string of the molecule is Cc1cc(-c2c[nH]c3ccccc23)nc(C(O)CN)n1. The number of nitrogens with zero attached hydrogens (tertiary/aromatic N) is 2. The van der Waals surface area contributed by atoms with Gasteiger partial charge in [0, 0.05) is 34.9 Å². The van der Waals surface area contributed by atoms with Crippen molar-refractivity contribution in [1.82, 2.24) is 15.0 Å². The predicted molar refractivity (Wildman–Crippen MR) is 78.1 cm³/mol. The molecule has 0 radical (unpaired) electrons. The number of rotatable bonds is 3. The molecule has 0 aliphatic carbocycles. The second kappa shape index (κ2) is 5.03. The number of aliphatic hydroxyl groups is 1. The molecular weight excluding hydrogens is 252 g/mol. The van der Waals surface area contributed by atoms with Gasteiger partial charge in [0.1, 0.15) is 6.10 Å². The maximum absolute atomic E-state index is 9.83. The van der Waals surface area contributed by atoms with E-state index in [0.717, 1.165) is 27.9 Å². The third-order valence-electron chi connectivity index (χ3n) is 3.26. The number of aromatic nitrogens is 3. The van der Waals surface area contributed by atoms with Crippen LogP contribution in [-0.4, -0.2) is 26.6 Å². The monoisotopic (exact) mass is 268 g/mol. The van der Waals surface area contributed by atoms with E-state index in [4.69, 9.17) is 5.73 Å². The molecule has 1 aromatic carbocycles. The molecule has 0 bridgehead atoms. The standard InChI is InChI=1S/C15H16N4O/c1-9-6-13(19-15(18-9)14(20)7-16)11-8-17-12-5-3-2-4-10(11)12/h2-6,8,14,17,20H,7,16H2,1H3. The highest BCUT2D eigenvalue weighted by Gasteiger charge is 2.13. The first-order valence-corrected chi connectivity index (χ1v) is 6.49. The van der Waals surface area contributed by atoms with E-state index in [0.29, 0.717) is 5.82 Å². The van der Waals surface area contributed by atoms with Crippen molar-refractivity contribution in [2.24, 2.45) is 5.73 Å². The Kier molecular flexibility index (Phi) is 3.22. The quantitative estimate of drug-likeness (QED) is 0.677. The average molecular weight is 268 g/mol. The normalized spacial score (nSPS) is 12.8. The smallest absolute Gasteiger partial charge is 0.159 e. The Balaban J connectivity index is 2.16. The van der Waals surface area contributed by atoms with Gasteiger partial charge in [-0.2, -0.15) is 0 Å². The summed E-state index contributed by atoms with van der Waals surface area (Å²) in [7, 11) is 0. The number of nitrogens with two attached hydrogens (primary N) is 1. The summed E-state index contributed by atoms with van der Waals surface area (Å²) in [4.78, 5) is 11.9. The fourth-order valence-corrected chi connectivity index (χ4v) is 2.27. The van der Waals surface area contributed by atoms with Crippen LogP contribution in [0.3, 0.4) is 0 Å². The average Bonchev–Trinajstić information content (AvgIpc) is 2.89. The first-order valence-electron chi connectivity index (χ1n) is 6.49. The summed E-state index contributed by atoms with van der Waals surface area (Å²) in [6.45, 7) is 1.99. The van der Waals surface area contributed by atoms with Crippen LogP contribution >= 0.6 is 0 Å². The molecule has 1 atom stereocenters. The van der Waals surface area contributed by atoms with Crippen LogP contribution in [0.4, 0.5) is 0 Å². The molecule has 2 aromatic heterocycles. The summed E-state index contributed by atoms with van der Waals surface area (Å²) in [5, 5.41) is 10.9. The van der Waals surface area contributed by atoms with Gasteiger partial charge in [0.15, 0.2) is 5.82 Å². The largest absolute Gasteiger partial charge is 0.384 e. The third kappa shape index (κ3) is 2.17. The Hall–Kier alpha value is -2.24. The highest BCUT2D eigenvalue weighted by atomic mass is 16.3. The zero-order valence-electron chi connectivity index (χ0n) is 11.2. The molecule has 0 fully saturated rings. The van der Waals surface area contributed by atoms with E-state index >= 15 is 0 Å². The number of aliphatic hydroxyl groups excluding tert-OH is 1. The van der Waals surface area contributed by atoms with E-state index in [9.17, 15) is 5.11 Å². The fourth-order valence-electron chi connectivity index (χ4n) is 2.27. The van der Waals surface area contributed by atoms with Crippen molar-refractivity contribution < 1.29 is 5.11 Å². The molecular formula is C15H16N4O. The molecule has 5 nitrogen and oxygen atoms in total. The number of hydrogen-bond donors (Lipinski definition) is 3. The number of benzene rings is 1. The van der Waals surface area contributed by atoms with E-state index < -0.39 is 6.10 Å². The number of aryl methyl sites for hydroxylation is 1. The van der Waals surface area contributed by atoms with Gasteiger partial charge in [-0.1, -0.05) is 18.2 Å². The molecule has 5 heteroatoms. The highest BCUT2D eigenvalue weighted by molar-refractivity contribution is 5.94. The first kappa shape index (κ1) is 12.8. The van der Waals surface area contributed by atoms with Crippen LogP contribution in [0, 0.1) is 6.92 Å². The molecule has 4 N–H and O–H groups in total. The van der Waals surface area contributed by atoms with Crippen LogP contribution in [0.1, 0.15) is 17.6 Å². The number of para-hydroxylation sites is 1. The molecule has 2 heterocycles. The number of hydrogen-bond acceptors (Lipinski definition) is 4. The molecule has 102 valence electrons. The Morgan fingerprint density at radius 3 is 2.90 bits per heavy atom. The van der Waals surface area contributed by atoms with Crippen LogP contribution in [0.15, 0.2) is 36.5 Å². The number of H-pyrrole nitrogens is 1. The van der Waals surface area contributed by atoms with E-state index in [1.54, 1.807) is 0 Å². The van der Waals surface area contributed by atoms with Crippen LogP contribution in [0.5, 0.6) is 0 Å². The Labute approximate surface area is 116 Å². The number of fused-ring (bicyclic) bond motifs is 1. The lowest BCUT2D eigenvalue weighted by molar-refractivity contribution is 0.176. The highest BCUT2D eigenvalue weighted by Crippen LogP contribution is 2.27. The van der Waals surface area contributed by atoms with Gasteiger partial charge in [0.25, 0.3) is 0 Å². The van der Waals surface area contributed by atoms with Gasteiger partial charge in [-0.25, -0.2) is 9.97 Å². The lowest BCUT2D eigenvalue weighted by atomic mass is 10.1. The zero-order valence-corrected chi connectivity index (χ0v) is 11.2. The van der Waals surface area contributed by atoms with Crippen molar-refractivity contribution in [2.75, 3.05) is 6.54 Å². The summed E-state index contributed by atoms with van der Waals surface area (Å²) in [5.41, 5.74) is 9.13. The topological polar surface area (TPSA) is 87.8 Å². The van der Waals surface area contributed by atoms with Crippen molar-refractivity contribution in [1.29, 1.82) is 0 Å². The van der Waals surface area contributed by atoms with Gasteiger partial charge in [-0.15, -0.1) is 0 Å². The number of nitrogens with one attached hydrogen (secondary N) is 1. The van der Waals surface area contributed by atoms with Crippen LogP contribution in [0.2, 0.25) is 0 Å². The van der Waals surface area contributed by atoms with Gasteiger partial charge in [-0.05, 0) is 19.1 Å². The van der Waals surface area contributed by atoms with Crippen molar-refractivity contribution >= 4 is 10.9 Å². The molecule has 3 rings (SSSR count). The zero-order chi connectivity index (χ0) is 14.1. The predicted octanol–water partition coefficient (Wildman–Crippen LogP) is 1.93. The second-order valence-corrected chi connectivity index (χ2v) is 4.75. The number of aromatic amines is 1. The van der Waals surface area contributed by atoms with E-state index in [-0.39, 0.29) is 6.54 Å². The molecule has 20 heavy (non-hydrogen) atoms. The van der Waals surface area contributed by atoms with Crippen molar-refractivity contribution in [3.8, 4) is 11.3 Å². The molecule has 0 amide bonds. The summed E-state index contributed by atoms with van der Waals surface area (Å²) in [6, 6.07) is 9.93. The van der Waals surface area contributed by atoms with Crippen molar-refractivity contribution in [3.05, 3.63) is 48.0 Å². The second-order valence-electron chi connectivity index (χ2n) is 4.75. The molecule has 0 saturated heterocycles. The summed E-state index contributed by atoms with van der Waals surface area (Å²) < 4.78 is 0. The van der Waals surface area contributed by atoms with Crippen LogP contribution < -0.4 is 5.73 Å². The van der Waals surface area contributed by atoms with Crippen LogP contribution in [0.25, 0.3) is 22.2 Å². The summed E-state index contributed by atoms with van der Waals surface area (Å²) in [5.74, 6) is 0.368. The molecule has 3 aromatic rings. The van der Waals surface area contributed by atoms with Gasteiger partial charge in [0.2, 0.25) is 0 Å². The maximum atomic E-state index is 9.83. The Morgan fingerprint density at radius 2 is 2.10 bits per heavy atom. The first-order chi connectivity index (χ1) is 9.69. The third-order valence-corrected chi connectivity index (χ3v) is 3.26. The van der Waals surface area contributed by atoms with E-state index in [2.05, 4.69) is 15.0 Å². The van der Waals surface area contributed by atoms with Crippen LogP contribution in [-0.2, 0) is 0 Å². The van der Waals surface area contributed by atoms with Crippen molar-refractivity contribution in [2.45, 2.75) is 13.0 Å². The fraction of sp³-hybridized carbons (Fsp3) is 0.200.